The molecule has 2 nitrogen and oxygen atoms in total. The number of amides is 1. The minimum Gasteiger partial charge on any atom is -0.337 e. The number of halogens is 2. The topological polar surface area (TPSA) is 20.3 Å². The van der Waals surface area contributed by atoms with E-state index < -0.39 is 0 Å². The van der Waals surface area contributed by atoms with E-state index in [1.807, 2.05) is 17.9 Å². The number of nitrogens with zero attached hydrogens (tertiary/aromatic N) is 1. The molecule has 2 rings (SSSR count). The highest BCUT2D eigenvalue weighted by molar-refractivity contribution is 9.09. The maximum absolute atomic E-state index is 12.1. The summed E-state index contributed by atoms with van der Waals surface area (Å²) in [6.07, 6.45) is 1.03. The largest absolute Gasteiger partial charge is 0.337 e. The van der Waals surface area contributed by atoms with Crippen molar-refractivity contribution in [2.45, 2.75) is 18.2 Å². The van der Waals surface area contributed by atoms with E-state index in [0.29, 0.717) is 9.85 Å². The molecule has 1 amide bonds. The molecule has 86 valence electrons. The minimum atomic E-state index is 0.0988. The van der Waals surface area contributed by atoms with Gasteiger partial charge in [0.25, 0.3) is 5.91 Å². The van der Waals surface area contributed by atoms with Crippen molar-refractivity contribution in [3.8, 4) is 0 Å². The van der Waals surface area contributed by atoms with Crippen LogP contribution in [0.15, 0.2) is 18.2 Å². The number of carbonyl (C=O) groups is 1. The Hall–Kier alpha value is -0.540. The monoisotopic (exact) mass is 301 g/mol. The van der Waals surface area contributed by atoms with Crippen molar-refractivity contribution in [2.24, 2.45) is 0 Å². The summed E-state index contributed by atoms with van der Waals surface area (Å²) >= 11 is 9.47. The highest BCUT2D eigenvalue weighted by Gasteiger charge is 2.25. The number of likely N-dealkylation sites (tertiary alicyclic amines) is 1. The molecule has 1 aliphatic heterocycles. The van der Waals surface area contributed by atoms with E-state index in [2.05, 4.69) is 15.9 Å². The Kier molecular flexibility index (Phi) is 3.55. The highest BCUT2D eigenvalue weighted by Crippen LogP contribution is 2.21. The van der Waals surface area contributed by atoms with Gasteiger partial charge in [-0.25, -0.2) is 0 Å². The van der Waals surface area contributed by atoms with Gasteiger partial charge in [-0.05, 0) is 37.1 Å². The summed E-state index contributed by atoms with van der Waals surface area (Å²) in [5.74, 6) is 0.0988. The van der Waals surface area contributed by atoms with Gasteiger partial charge < -0.3 is 4.90 Å². The first-order valence-electron chi connectivity index (χ1n) is 5.27. The first-order valence-corrected chi connectivity index (χ1v) is 6.57. The van der Waals surface area contributed by atoms with Crippen molar-refractivity contribution in [1.82, 2.24) is 4.90 Å². The van der Waals surface area contributed by atoms with Crippen molar-refractivity contribution in [1.29, 1.82) is 0 Å². The van der Waals surface area contributed by atoms with Crippen LogP contribution in [0.1, 0.15) is 22.3 Å². The van der Waals surface area contributed by atoms with Gasteiger partial charge in [0, 0.05) is 28.5 Å². The molecular weight excluding hydrogens is 289 g/mol. The smallest absolute Gasteiger partial charge is 0.253 e. The van der Waals surface area contributed by atoms with Crippen LogP contribution in [0.3, 0.4) is 0 Å². The van der Waals surface area contributed by atoms with E-state index in [0.717, 1.165) is 30.6 Å². The summed E-state index contributed by atoms with van der Waals surface area (Å²) in [6, 6.07) is 5.43. The molecule has 1 aromatic rings. The summed E-state index contributed by atoms with van der Waals surface area (Å²) in [4.78, 5) is 14.4. The molecule has 0 radical (unpaired) electrons. The molecule has 0 saturated carbocycles. The zero-order valence-corrected chi connectivity index (χ0v) is 11.4. The molecule has 4 heteroatoms. The van der Waals surface area contributed by atoms with E-state index >= 15 is 0 Å². The standard InChI is InChI=1S/C12H13BrClNO/c1-8-6-9(2-3-11(8)14)12(16)15-5-4-10(13)7-15/h2-3,6,10H,4-5,7H2,1H3. The fraction of sp³-hybridized carbons (Fsp3) is 0.417. The average molecular weight is 303 g/mol. The molecule has 1 heterocycles. The number of benzene rings is 1. The number of carbonyl (C=O) groups excluding carboxylic acids is 1. The lowest BCUT2D eigenvalue weighted by atomic mass is 10.1. The molecule has 16 heavy (non-hydrogen) atoms. The number of aryl methyl sites for hydroxylation is 1. The predicted molar refractivity (Wildman–Crippen MR) is 69.4 cm³/mol. The van der Waals surface area contributed by atoms with Crippen molar-refractivity contribution in [2.75, 3.05) is 13.1 Å². The summed E-state index contributed by atoms with van der Waals surface area (Å²) in [5, 5.41) is 0.705. The van der Waals surface area contributed by atoms with Gasteiger partial charge in [0.15, 0.2) is 0 Å². The van der Waals surface area contributed by atoms with Crippen molar-refractivity contribution < 1.29 is 4.79 Å². The van der Waals surface area contributed by atoms with Gasteiger partial charge in [-0.3, -0.25) is 4.79 Å². The van der Waals surface area contributed by atoms with Crippen molar-refractivity contribution in [3.05, 3.63) is 34.3 Å². The van der Waals surface area contributed by atoms with E-state index in [1.165, 1.54) is 0 Å². The Bertz CT molecular complexity index is 421. The van der Waals surface area contributed by atoms with Gasteiger partial charge >= 0.3 is 0 Å². The summed E-state index contributed by atoms with van der Waals surface area (Å²) in [6.45, 7) is 3.54. The van der Waals surface area contributed by atoms with Crippen LogP contribution in [-0.2, 0) is 0 Å². The second-order valence-corrected chi connectivity index (χ2v) is 5.80. The normalized spacial score (nSPS) is 20.2. The third-order valence-corrected chi connectivity index (χ3v) is 3.99. The molecular formula is C12H13BrClNO. The summed E-state index contributed by atoms with van der Waals surface area (Å²) < 4.78 is 0. The van der Waals surface area contributed by atoms with Gasteiger partial charge in [0.2, 0.25) is 0 Å². The maximum atomic E-state index is 12.1. The lowest BCUT2D eigenvalue weighted by molar-refractivity contribution is 0.0793. The van der Waals surface area contributed by atoms with E-state index in [9.17, 15) is 4.79 Å². The van der Waals surface area contributed by atoms with Crippen LogP contribution in [0.5, 0.6) is 0 Å². The number of hydrogen-bond acceptors (Lipinski definition) is 1. The van der Waals surface area contributed by atoms with Gasteiger partial charge in [-0.2, -0.15) is 0 Å². The Balaban J connectivity index is 2.18. The van der Waals surface area contributed by atoms with Crippen LogP contribution < -0.4 is 0 Å². The third-order valence-electron chi connectivity index (χ3n) is 2.82. The zero-order chi connectivity index (χ0) is 11.7. The molecule has 0 bridgehead atoms. The zero-order valence-electron chi connectivity index (χ0n) is 9.04. The van der Waals surface area contributed by atoms with Crippen LogP contribution in [0.2, 0.25) is 5.02 Å². The van der Waals surface area contributed by atoms with E-state index in [-0.39, 0.29) is 5.91 Å². The second kappa shape index (κ2) is 4.76. The van der Waals surface area contributed by atoms with Crippen molar-refractivity contribution in [3.63, 3.8) is 0 Å². The fourth-order valence-corrected chi connectivity index (χ4v) is 2.53. The molecule has 1 aromatic carbocycles. The van der Waals surface area contributed by atoms with Crippen LogP contribution in [0.4, 0.5) is 0 Å². The van der Waals surface area contributed by atoms with Crippen LogP contribution in [0.25, 0.3) is 0 Å². The van der Waals surface area contributed by atoms with E-state index in [1.54, 1.807) is 12.1 Å². The second-order valence-electron chi connectivity index (χ2n) is 4.10. The SMILES string of the molecule is Cc1cc(C(=O)N2CCC(Br)C2)ccc1Cl. The van der Waals surface area contributed by atoms with Gasteiger partial charge in [-0.15, -0.1) is 0 Å². The summed E-state index contributed by atoms with van der Waals surface area (Å²) in [5.41, 5.74) is 1.67. The quantitative estimate of drug-likeness (QED) is 0.729. The average Bonchev–Trinajstić information content (AvgIpc) is 2.68. The summed E-state index contributed by atoms with van der Waals surface area (Å²) in [7, 11) is 0. The van der Waals surface area contributed by atoms with E-state index in [4.69, 9.17) is 11.6 Å². The molecule has 1 aliphatic rings. The van der Waals surface area contributed by atoms with Gasteiger partial charge in [0.05, 0.1) is 0 Å². The molecule has 0 spiro atoms. The molecule has 0 N–H and O–H groups in total. The minimum absolute atomic E-state index is 0.0988. The Labute approximate surface area is 109 Å². The van der Waals surface area contributed by atoms with Gasteiger partial charge in [0.1, 0.15) is 0 Å². The first kappa shape index (κ1) is 11.9. The molecule has 1 saturated heterocycles. The predicted octanol–water partition coefficient (Wildman–Crippen LogP) is 3.26. The van der Waals surface area contributed by atoms with Gasteiger partial charge in [-0.1, -0.05) is 27.5 Å². The lowest BCUT2D eigenvalue weighted by Crippen LogP contribution is -2.28. The molecule has 0 aromatic heterocycles. The lowest BCUT2D eigenvalue weighted by Gasteiger charge is -2.16. The number of alkyl halides is 1. The molecule has 0 aliphatic carbocycles. The Morgan fingerprint density at radius 2 is 2.31 bits per heavy atom. The molecule has 1 unspecified atom stereocenters. The third kappa shape index (κ3) is 2.41. The number of rotatable bonds is 1. The highest BCUT2D eigenvalue weighted by atomic mass is 79.9. The molecule has 1 atom stereocenters. The van der Waals surface area contributed by atoms with Crippen LogP contribution >= 0.6 is 27.5 Å². The van der Waals surface area contributed by atoms with Crippen LogP contribution in [0, 0.1) is 6.92 Å². The van der Waals surface area contributed by atoms with Crippen molar-refractivity contribution >= 4 is 33.4 Å². The Morgan fingerprint density at radius 1 is 1.56 bits per heavy atom. The van der Waals surface area contributed by atoms with Crippen LogP contribution in [-0.4, -0.2) is 28.7 Å². The Morgan fingerprint density at radius 3 is 2.88 bits per heavy atom. The number of hydrogen-bond donors (Lipinski definition) is 0. The maximum Gasteiger partial charge on any atom is 0.253 e. The molecule has 1 fully saturated rings. The first-order chi connectivity index (χ1) is 7.58. The fourth-order valence-electron chi connectivity index (χ4n) is 1.86.